The van der Waals surface area contributed by atoms with E-state index >= 15 is 0 Å². The van der Waals surface area contributed by atoms with Crippen LogP contribution < -0.4 is 5.32 Å². The van der Waals surface area contributed by atoms with Gasteiger partial charge in [0.25, 0.3) is 0 Å². The third kappa shape index (κ3) is 2.62. The van der Waals surface area contributed by atoms with Crippen LogP contribution in [-0.2, 0) is 0 Å². The van der Waals surface area contributed by atoms with E-state index in [9.17, 15) is 4.39 Å². The van der Waals surface area contributed by atoms with Crippen LogP contribution in [0.5, 0.6) is 0 Å². The van der Waals surface area contributed by atoms with Crippen molar-refractivity contribution in [2.24, 2.45) is 0 Å². The molecule has 19 heavy (non-hydrogen) atoms. The van der Waals surface area contributed by atoms with Crippen LogP contribution in [0.15, 0.2) is 54.6 Å². The topological polar surface area (TPSA) is 12.0 Å². The molecule has 0 amide bonds. The lowest BCUT2D eigenvalue weighted by Crippen LogP contribution is -2.23. The molecule has 1 saturated carbocycles. The van der Waals surface area contributed by atoms with E-state index in [-0.39, 0.29) is 11.7 Å². The second-order valence-electron chi connectivity index (χ2n) is 5.18. The van der Waals surface area contributed by atoms with Gasteiger partial charge in [-0.3, -0.25) is 0 Å². The van der Waals surface area contributed by atoms with Crippen molar-refractivity contribution >= 4 is 5.69 Å². The zero-order valence-electron chi connectivity index (χ0n) is 10.9. The van der Waals surface area contributed by atoms with E-state index in [4.69, 9.17) is 0 Å². The Hall–Kier alpha value is -1.83. The zero-order valence-corrected chi connectivity index (χ0v) is 10.9. The maximum absolute atomic E-state index is 13.9. The van der Waals surface area contributed by atoms with Crippen molar-refractivity contribution in [1.82, 2.24) is 0 Å². The molecule has 2 atom stereocenters. The van der Waals surface area contributed by atoms with Crippen molar-refractivity contribution in [2.75, 3.05) is 5.32 Å². The highest BCUT2D eigenvalue weighted by atomic mass is 19.1. The van der Waals surface area contributed by atoms with Crippen LogP contribution in [0.1, 0.15) is 30.7 Å². The molecular formula is C17H18FN. The largest absolute Gasteiger partial charge is 0.382 e. The van der Waals surface area contributed by atoms with Gasteiger partial charge in [0.2, 0.25) is 0 Å². The summed E-state index contributed by atoms with van der Waals surface area (Å²) in [6, 6.07) is 17.7. The van der Waals surface area contributed by atoms with Crippen LogP contribution >= 0.6 is 0 Å². The van der Waals surface area contributed by atoms with Gasteiger partial charge in [-0.15, -0.1) is 0 Å². The molecule has 0 aliphatic heterocycles. The van der Waals surface area contributed by atoms with Crippen molar-refractivity contribution in [3.05, 3.63) is 66.0 Å². The highest BCUT2D eigenvalue weighted by Crippen LogP contribution is 2.37. The van der Waals surface area contributed by atoms with Crippen molar-refractivity contribution < 1.29 is 4.39 Å². The standard InChI is InChI=1S/C17H18FN/c18-16-11-5-4-9-14(16)15-10-6-12-17(15)19-13-7-2-1-3-8-13/h1-5,7-9,11,15,17,19H,6,10,12H2. The minimum absolute atomic E-state index is 0.0748. The number of para-hydroxylation sites is 1. The van der Waals surface area contributed by atoms with Crippen LogP contribution in [0.3, 0.4) is 0 Å². The average Bonchev–Trinajstić information content (AvgIpc) is 2.88. The number of anilines is 1. The number of hydrogen-bond acceptors (Lipinski definition) is 1. The van der Waals surface area contributed by atoms with Gasteiger partial charge in [0.05, 0.1) is 0 Å². The first-order valence-corrected chi connectivity index (χ1v) is 6.90. The number of rotatable bonds is 3. The summed E-state index contributed by atoms with van der Waals surface area (Å²) < 4.78 is 13.9. The highest BCUT2D eigenvalue weighted by Gasteiger charge is 2.30. The fourth-order valence-corrected chi connectivity index (χ4v) is 3.03. The Morgan fingerprint density at radius 1 is 0.895 bits per heavy atom. The first kappa shape index (κ1) is 12.2. The number of benzene rings is 2. The predicted octanol–water partition coefficient (Wildman–Crippen LogP) is 4.57. The van der Waals surface area contributed by atoms with E-state index in [1.165, 1.54) is 0 Å². The molecule has 1 N–H and O–H groups in total. The summed E-state index contributed by atoms with van der Waals surface area (Å²) in [7, 11) is 0. The minimum atomic E-state index is -0.0748. The van der Waals surface area contributed by atoms with Crippen LogP contribution in [-0.4, -0.2) is 6.04 Å². The van der Waals surface area contributed by atoms with Crippen molar-refractivity contribution in [3.63, 3.8) is 0 Å². The molecular weight excluding hydrogens is 237 g/mol. The second kappa shape index (κ2) is 5.43. The second-order valence-corrected chi connectivity index (χ2v) is 5.18. The molecule has 3 rings (SSSR count). The lowest BCUT2D eigenvalue weighted by atomic mass is 9.93. The van der Waals surface area contributed by atoms with E-state index in [0.717, 1.165) is 30.5 Å². The van der Waals surface area contributed by atoms with Gasteiger partial charge in [-0.05, 0) is 36.6 Å². The maximum Gasteiger partial charge on any atom is 0.126 e. The first-order valence-electron chi connectivity index (χ1n) is 6.90. The average molecular weight is 255 g/mol. The molecule has 0 bridgehead atoms. The van der Waals surface area contributed by atoms with E-state index in [1.54, 1.807) is 12.1 Å². The Balaban J connectivity index is 1.81. The van der Waals surface area contributed by atoms with E-state index in [2.05, 4.69) is 17.4 Å². The summed E-state index contributed by atoms with van der Waals surface area (Å²) in [6.45, 7) is 0. The predicted molar refractivity (Wildman–Crippen MR) is 76.8 cm³/mol. The molecule has 98 valence electrons. The van der Waals surface area contributed by atoms with Gasteiger partial charge in [0, 0.05) is 17.6 Å². The van der Waals surface area contributed by atoms with Gasteiger partial charge in [-0.2, -0.15) is 0 Å². The lowest BCUT2D eigenvalue weighted by molar-refractivity contribution is 0.563. The Bertz CT molecular complexity index is 538. The zero-order chi connectivity index (χ0) is 13.1. The smallest absolute Gasteiger partial charge is 0.126 e. The molecule has 2 aromatic rings. The first-order chi connectivity index (χ1) is 9.34. The quantitative estimate of drug-likeness (QED) is 0.846. The van der Waals surface area contributed by atoms with Crippen molar-refractivity contribution in [1.29, 1.82) is 0 Å². The molecule has 0 radical (unpaired) electrons. The fraction of sp³-hybridized carbons (Fsp3) is 0.294. The van der Waals surface area contributed by atoms with Gasteiger partial charge < -0.3 is 5.32 Å². The van der Waals surface area contributed by atoms with Crippen molar-refractivity contribution in [3.8, 4) is 0 Å². The van der Waals surface area contributed by atoms with Crippen LogP contribution in [0.2, 0.25) is 0 Å². The molecule has 2 heteroatoms. The normalized spacial score (nSPS) is 22.4. The summed E-state index contributed by atoms with van der Waals surface area (Å²) in [4.78, 5) is 0. The SMILES string of the molecule is Fc1ccccc1C1CCCC1Nc1ccccc1. The third-order valence-electron chi connectivity index (χ3n) is 3.95. The Kier molecular flexibility index (Phi) is 3.49. The van der Waals surface area contributed by atoms with Gasteiger partial charge in [-0.25, -0.2) is 4.39 Å². The molecule has 1 fully saturated rings. The summed E-state index contributed by atoms with van der Waals surface area (Å²) in [5, 5.41) is 3.55. The Labute approximate surface area is 113 Å². The Morgan fingerprint density at radius 2 is 1.63 bits per heavy atom. The van der Waals surface area contributed by atoms with Gasteiger partial charge >= 0.3 is 0 Å². The summed E-state index contributed by atoms with van der Waals surface area (Å²) >= 11 is 0. The number of nitrogens with one attached hydrogen (secondary N) is 1. The molecule has 0 aromatic heterocycles. The highest BCUT2D eigenvalue weighted by molar-refractivity contribution is 5.45. The number of hydrogen-bond donors (Lipinski definition) is 1. The molecule has 1 aliphatic rings. The molecule has 2 aromatic carbocycles. The monoisotopic (exact) mass is 255 g/mol. The van der Waals surface area contributed by atoms with Gasteiger partial charge in [0.15, 0.2) is 0 Å². The number of halogens is 1. The molecule has 0 spiro atoms. The van der Waals surface area contributed by atoms with E-state index in [1.807, 2.05) is 30.3 Å². The molecule has 0 heterocycles. The molecule has 1 aliphatic carbocycles. The lowest BCUT2D eigenvalue weighted by Gasteiger charge is -2.23. The Morgan fingerprint density at radius 3 is 2.42 bits per heavy atom. The van der Waals surface area contributed by atoms with Crippen LogP contribution in [0.4, 0.5) is 10.1 Å². The third-order valence-corrected chi connectivity index (χ3v) is 3.95. The fourth-order valence-electron chi connectivity index (χ4n) is 3.03. The molecule has 0 saturated heterocycles. The van der Waals surface area contributed by atoms with Crippen molar-refractivity contribution in [2.45, 2.75) is 31.2 Å². The summed E-state index contributed by atoms with van der Waals surface area (Å²) in [5.41, 5.74) is 1.98. The summed E-state index contributed by atoms with van der Waals surface area (Å²) in [6.07, 6.45) is 3.32. The molecule has 1 nitrogen and oxygen atoms in total. The molecule has 2 unspecified atom stereocenters. The maximum atomic E-state index is 13.9. The van der Waals surface area contributed by atoms with Gasteiger partial charge in [-0.1, -0.05) is 42.8 Å². The van der Waals surface area contributed by atoms with Gasteiger partial charge in [0.1, 0.15) is 5.82 Å². The summed E-state index contributed by atoms with van der Waals surface area (Å²) in [5.74, 6) is 0.204. The van der Waals surface area contributed by atoms with E-state index < -0.39 is 0 Å². The van der Waals surface area contributed by atoms with E-state index in [0.29, 0.717) is 6.04 Å². The van der Waals surface area contributed by atoms with Crippen LogP contribution in [0.25, 0.3) is 0 Å². The van der Waals surface area contributed by atoms with Crippen LogP contribution in [0, 0.1) is 5.82 Å². The minimum Gasteiger partial charge on any atom is -0.382 e.